The maximum absolute atomic E-state index is 4.30. The summed E-state index contributed by atoms with van der Waals surface area (Å²) in [7, 11) is 0. The zero-order chi connectivity index (χ0) is 7.03. The Morgan fingerprint density at radius 2 is 2.40 bits per heavy atom. The SMILES string of the molecule is SCC1(n2ccnc2)CC1. The molecule has 0 aliphatic heterocycles. The summed E-state index contributed by atoms with van der Waals surface area (Å²) >= 11 is 4.30. The van der Waals surface area contributed by atoms with Crippen LogP contribution in [0.3, 0.4) is 0 Å². The fourth-order valence-corrected chi connectivity index (χ4v) is 1.66. The molecule has 2 rings (SSSR count). The monoisotopic (exact) mass is 154 g/mol. The van der Waals surface area contributed by atoms with Crippen molar-refractivity contribution in [3.8, 4) is 0 Å². The van der Waals surface area contributed by atoms with Crippen LogP contribution in [0.25, 0.3) is 0 Å². The molecule has 1 heterocycles. The van der Waals surface area contributed by atoms with E-state index < -0.39 is 0 Å². The summed E-state index contributed by atoms with van der Waals surface area (Å²) in [5.41, 5.74) is 0.333. The average molecular weight is 154 g/mol. The Balaban J connectivity index is 2.27. The number of hydrogen-bond donors (Lipinski definition) is 1. The van der Waals surface area contributed by atoms with Gasteiger partial charge in [-0.05, 0) is 12.8 Å². The summed E-state index contributed by atoms with van der Waals surface area (Å²) in [4.78, 5) is 4.01. The molecule has 1 aliphatic rings. The molecule has 0 atom stereocenters. The third-order valence-corrected chi connectivity index (χ3v) is 2.76. The van der Waals surface area contributed by atoms with Crippen LogP contribution in [0.5, 0.6) is 0 Å². The lowest BCUT2D eigenvalue weighted by Gasteiger charge is -2.12. The Morgan fingerprint density at radius 1 is 1.60 bits per heavy atom. The van der Waals surface area contributed by atoms with E-state index >= 15 is 0 Å². The minimum atomic E-state index is 0.333. The molecule has 1 aromatic rings. The lowest BCUT2D eigenvalue weighted by molar-refractivity contribution is 0.543. The van der Waals surface area contributed by atoms with Gasteiger partial charge in [-0.15, -0.1) is 0 Å². The van der Waals surface area contributed by atoms with Crippen molar-refractivity contribution in [1.29, 1.82) is 0 Å². The first-order valence-electron chi connectivity index (χ1n) is 3.47. The van der Waals surface area contributed by atoms with Gasteiger partial charge in [0, 0.05) is 18.1 Å². The van der Waals surface area contributed by atoms with Gasteiger partial charge in [0.15, 0.2) is 0 Å². The molecule has 0 saturated heterocycles. The molecule has 0 N–H and O–H groups in total. The molecule has 0 spiro atoms. The molecular formula is C7H10N2S. The first-order valence-corrected chi connectivity index (χ1v) is 4.10. The van der Waals surface area contributed by atoms with E-state index in [0.29, 0.717) is 5.54 Å². The third-order valence-electron chi connectivity index (χ3n) is 2.17. The van der Waals surface area contributed by atoms with Crippen LogP contribution in [0.4, 0.5) is 0 Å². The molecule has 0 aromatic carbocycles. The average Bonchev–Trinajstić information content (AvgIpc) is 2.58. The zero-order valence-electron chi connectivity index (χ0n) is 5.70. The minimum Gasteiger partial charge on any atom is -0.331 e. The van der Waals surface area contributed by atoms with Crippen LogP contribution in [-0.4, -0.2) is 15.3 Å². The number of thiol groups is 1. The van der Waals surface area contributed by atoms with Crippen LogP contribution in [0.15, 0.2) is 18.7 Å². The zero-order valence-corrected chi connectivity index (χ0v) is 6.59. The molecule has 54 valence electrons. The van der Waals surface area contributed by atoms with Crippen molar-refractivity contribution in [1.82, 2.24) is 9.55 Å². The summed E-state index contributed by atoms with van der Waals surface area (Å²) in [6, 6.07) is 0. The molecule has 1 aromatic heterocycles. The fraction of sp³-hybridized carbons (Fsp3) is 0.571. The van der Waals surface area contributed by atoms with Gasteiger partial charge in [0.1, 0.15) is 0 Å². The molecule has 1 saturated carbocycles. The minimum absolute atomic E-state index is 0.333. The van der Waals surface area contributed by atoms with Crippen LogP contribution >= 0.6 is 12.6 Å². The second-order valence-electron chi connectivity index (χ2n) is 2.85. The fourth-order valence-electron chi connectivity index (χ4n) is 1.18. The second kappa shape index (κ2) is 2.02. The van der Waals surface area contributed by atoms with Crippen molar-refractivity contribution in [2.75, 3.05) is 5.75 Å². The van der Waals surface area contributed by atoms with Gasteiger partial charge in [-0.25, -0.2) is 4.98 Å². The molecule has 10 heavy (non-hydrogen) atoms. The Kier molecular flexibility index (Phi) is 1.27. The normalized spacial score (nSPS) is 20.9. The van der Waals surface area contributed by atoms with Crippen LogP contribution < -0.4 is 0 Å². The molecule has 0 radical (unpaired) electrons. The highest BCUT2D eigenvalue weighted by Gasteiger charge is 2.42. The summed E-state index contributed by atoms with van der Waals surface area (Å²) in [6.07, 6.45) is 8.23. The van der Waals surface area contributed by atoms with Crippen LogP contribution in [0.2, 0.25) is 0 Å². The number of aromatic nitrogens is 2. The number of rotatable bonds is 2. The highest BCUT2D eigenvalue weighted by molar-refractivity contribution is 7.80. The first-order chi connectivity index (χ1) is 4.87. The highest BCUT2D eigenvalue weighted by atomic mass is 32.1. The Bertz CT molecular complexity index is 214. The molecule has 1 fully saturated rings. The number of nitrogens with zero attached hydrogens (tertiary/aromatic N) is 2. The third kappa shape index (κ3) is 0.770. The summed E-state index contributed by atoms with van der Waals surface area (Å²) in [5.74, 6) is 0.934. The predicted molar refractivity (Wildman–Crippen MR) is 43.3 cm³/mol. The molecular weight excluding hydrogens is 144 g/mol. The lowest BCUT2D eigenvalue weighted by atomic mass is 10.3. The topological polar surface area (TPSA) is 17.8 Å². The Morgan fingerprint density at radius 3 is 2.80 bits per heavy atom. The van der Waals surface area contributed by atoms with Crippen LogP contribution in [0, 0.1) is 0 Å². The van der Waals surface area contributed by atoms with Gasteiger partial charge < -0.3 is 4.57 Å². The Hall–Kier alpha value is -0.440. The van der Waals surface area contributed by atoms with Gasteiger partial charge in [-0.2, -0.15) is 12.6 Å². The van der Waals surface area contributed by atoms with Crippen LogP contribution in [-0.2, 0) is 5.54 Å². The maximum atomic E-state index is 4.30. The smallest absolute Gasteiger partial charge is 0.0951 e. The number of imidazole rings is 1. The lowest BCUT2D eigenvalue weighted by Crippen LogP contribution is -2.16. The van der Waals surface area contributed by atoms with Gasteiger partial charge >= 0.3 is 0 Å². The van der Waals surface area contributed by atoms with Crippen LogP contribution in [0.1, 0.15) is 12.8 Å². The van der Waals surface area contributed by atoms with Gasteiger partial charge in [0.2, 0.25) is 0 Å². The van der Waals surface area contributed by atoms with E-state index in [0.717, 1.165) is 5.75 Å². The molecule has 2 nitrogen and oxygen atoms in total. The largest absolute Gasteiger partial charge is 0.331 e. The van der Waals surface area contributed by atoms with Gasteiger partial charge in [-0.1, -0.05) is 0 Å². The van der Waals surface area contributed by atoms with Crippen molar-refractivity contribution in [3.05, 3.63) is 18.7 Å². The van der Waals surface area contributed by atoms with Gasteiger partial charge in [0.05, 0.1) is 11.9 Å². The van der Waals surface area contributed by atoms with Crippen molar-refractivity contribution in [2.45, 2.75) is 18.4 Å². The Labute approximate surface area is 65.7 Å². The van der Waals surface area contributed by atoms with E-state index in [1.54, 1.807) is 0 Å². The van der Waals surface area contributed by atoms with E-state index in [9.17, 15) is 0 Å². The highest BCUT2D eigenvalue weighted by Crippen LogP contribution is 2.43. The van der Waals surface area contributed by atoms with E-state index in [4.69, 9.17) is 0 Å². The number of hydrogen-bond acceptors (Lipinski definition) is 2. The van der Waals surface area contributed by atoms with E-state index in [2.05, 4.69) is 22.2 Å². The molecule has 3 heteroatoms. The van der Waals surface area contributed by atoms with E-state index in [1.807, 2.05) is 18.7 Å². The first kappa shape index (κ1) is 6.28. The van der Waals surface area contributed by atoms with Gasteiger partial charge in [-0.3, -0.25) is 0 Å². The molecule has 1 aliphatic carbocycles. The van der Waals surface area contributed by atoms with E-state index in [1.165, 1.54) is 12.8 Å². The standard InChI is InChI=1S/C7H10N2S/c10-5-7(1-2-7)9-4-3-8-6-9/h3-4,6,10H,1-2,5H2. The van der Waals surface area contributed by atoms with Crippen molar-refractivity contribution in [2.24, 2.45) is 0 Å². The quantitative estimate of drug-likeness (QED) is 0.636. The maximum Gasteiger partial charge on any atom is 0.0951 e. The van der Waals surface area contributed by atoms with Crippen molar-refractivity contribution >= 4 is 12.6 Å². The molecule has 0 amide bonds. The molecule has 0 bridgehead atoms. The summed E-state index contributed by atoms with van der Waals surface area (Å²) in [6.45, 7) is 0. The molecule has 0 unspecified atom stereocenters. The predicted octanol–water partition coefficient (Wildman–Crippen LogP) is 1.30. The summed E-state index contributed by atoms with van der Waals surface area (Å²) in [5, 5.41) is 0. The van der Waals surface area contributed by atoms with Crippen molar-refractivity contribution in [3.63, 3.8) is 0 Å². The summed E-state index contributed by atoms with van der Waals surface area (Å²) < 4.78 is 2.17. The van der Waals surface area contributed by atoms with Gasteiger partial charge in [0.25, 0.3) is 0 Å². The van der Waals surface area contributed by atoms with Crippen molar-refractivity contribution < 1.29 is 0 Å². The second-order valence-corrected chi connectivity index (χ2v) is 3.17. The van der Waals surface area contributed by atoms with E-state index in [-0.39, 0.29) is 0 Å².